The molecule has 0 unspecified atom stereocenters. The van der Waals surface area contributed by atoms with Crippen molar-refractivity contribution in [3.8, 4) is 16.9 Å². The average molecular weight is 377 g/mol. The maximum Gasteiger partial charge on any atom is 0.194 e. The van der Waals surface area contributed by atoms with E-state index in [4.69, 9.17) is 4.84 Å². The van der Waals surface area contributed by atoms with Crippen LogP contribution in [-0.4, -0.2) is 5.78 Å². The first kappa shape index (κ1) is 16.4. The van der Waals surface area contributed by atoms with Crippen molar-refractivity contribution in [2.45, 2.75) is 19.9 Å². The van der Waals surface area contributed by atoms with Crippen LogP contribution >= 0.6 is 0 Å². The number of aryl methyl sites for hydroxylation is 1. The molecule has 0 bridgehead atoms. The Kier molecular flexibility index (Phi) is 3.36. The fourth-order valence-corrected chi connectivity index (χ4v) is 4.61. The van der Waals surface area contributed by atoms with Crippen LogP contribution in [0.1, 0.15) is 34.0 Å². The van der Waals surface area contributed by atoms with Gasteiger partial charge < -0.3 is 4.84 Å². The summed E-state index contributed by atoms with van der Waals surface area (Å²) >= 11 is 0. The number of hydroxylamine groups is 1. The zero-order valence-electron chi connectivity index (χ0n) is 16.1. The van der Waals surface area contributed by atoms with Crippen LogP contribution in [0.5, 0.6) is 5.75 Å². The van der Waals surface area contributed by atoms with Gasteiger partial charge in [-0.1, -0.05) is 67.6 Å². The van der Waals surface area contributed by atoms with Gasteiger partial charge in [-0.3, -0.25) is 4.79 Å². The Labute approximate surface area is 169 Å². The fraction of sp³-hybridized carbons (Fsp3) is 0.115. The van der Waals surface area contributed by atoms with Crippen molar-refractivity contribution in [3.05, 3.63) is 95.1 Å². The quantitative estimate of drug-likeness (QED) is 0.382. The smallest absolute Gasteiger partial charge is 0.194 e. The second-order valence-corrected chi connectivity index (χ2v) is 7.63. The van der Waals surface area contributed by atoms with E-state index in [-0.39, 0.29) is 5.78 Å². The van der Waals surface area contributed by atoms with Gasteiger partial charge in [0, 0.05) is 27.6 Å². The molecular weight excluding hydrogens is 358 g/mol. The van der Waals surface area contributed by atoms with Crippen molar-refractivity contribution in [2.75, 3.05) is 5.06 Å². The first-order chi connectivity index (χ1) is 14.3. The number of ketones is 1. The van der Waals surface area contributed by atoms with E-state index in [0.29, 0.717) is 6.54 Å². The monoisotopic (exact) mass is 377 g/mol. The van der Waals surface area contributed by atoms with Crippen LogP contribution < -0.4 is 9.90 Å². The van der Waals surface area contributed by atoms with E-state index in [9.17, 15) is 4.79 Å². The Morgan fingerprint density at radius 1 is 0.828 bits per heavy atom. The van der Waals surface area contributed by atoms with Crippen LogP contribution in [0.15, 0.2) is 72.8 Å². The van der Waals surface area contributed by atoms with Gasteiger partial charge in [-0.05, 0) is 35.1 Å². The maximum atomic E-state index is 13.3. The molecule has 6 rings (SSSR count). The summed E-state index contributed by atoms with van der Waals surface area (Å²) in [7, 11) is 0. The molecular formula is C26H19NO2. The minimum absolute atomic E-state index is 0.101. The minimum Gasteiger partial charge on any atom is -0.378 e. The normalized spacial score (nSPS) is 14.0. The summed E-state index contributed by atoms with van der Waals surface area (Å²) < 4.78 is 0. The Morgan fingerprint density at radius 2 is 1.52 bits per heavy atom. The van der Waals surface area contributed by atoms with Crippen LogP contribution in [0.25, 0.3) is 21.9 Å². The van der Waals surface area contributed by atoms with Gasteiger partial charge in [0.25, 0.3) is 0 Å². The number of carbonyl (C=O) groups excluding carboxylic acids is 1. The third-order valence-electron chi connectivity index (χ3n) is 6.07. The van der Waals surface area contributed by atoms with Crippen LogP contribution in [0.3, 0.4) is 0 Å². The molecule has 0 amide bonds. The highest BCUT2D eigenvalue weighted by Gasteiger charge is 2.37. The Balaban J connectivity index is 1.57. The van der Waals surface area contributed by atoms with E-state index in [2.05, 4.69) is 49.4 Å². The summed E-state index contributed by atoms with van der Waals surface area (Å²) in [5, 5.41) is 4.02. The summed E-state index contributed by atoms with van der Waals surface area (Å²) in [5.41, 5.74) is 6.93. The second kappa shape index (κ2) is 5.95. The average Bonchev–Trinajstić information content (AvgIpc) is 3.34. The summed E-state index contributed by atoms with van der Waals surface area (Å²) in [6, 6.07) is 24.6. The number of fused-ring (bicyclic) bond motifs is 8. The van der Waals surface area contributed by atoms with E-state index < -0.39 is 0 Å². The minimum atomic E-state index is 0.101. The lowest BCUT2D eigenvalue weighted by Gasteiger charge is -2.17. The largest absolute Gasteiger partial charge is 0.378 e. The predicted molar refractivity (Wildman–Crippen MR) is 115 cm³/mol. The molecule has 0 spiro atoms. The Bertz CT molecular complexity index is 1300. The van der Waals surface area contributed by atoms with E-state index in [0.717, 1.165) is 56.4 Å². The van der Waals surface area contributed by atoms with Gasteiger partial charge in [0.15, 0.2) is 11.5 Å². The van der Waals surface area contributed by atoms with Gasteiger partial charge in [-0.25, -0.2) is 5.06 Å². The van der Waals surface area contributed by atoms with Crippen molar-refractivity contribution >= 4 is 22.2 Å². The van der Waals surface area contributed by atoms with Crippen LogP contribution in [0.4, 0.5) is 5.69 Å². The third-order valence-corrected chi connectivity index (χ3v) is 6.07. The molecule has 4 aromatic carbocycles. The summed E-state index contributed by atoms with van der Waals surface area (Å²) in [6.45, 7) is 2.71. The van der Waals surface area contributed by atoms with Crippen molar-refractivity contribution < 1.29 is 9.63 Å². The molecule has 4 aromatic rings. The van der Waals surface area contributed by atoms with E-state index in [1.54, 1.807) is 0 Å². The zero-order valence-corrected chi connectivity index (χ0v) is 16.1. The number of anilines is 1. The molecule has 3 nitrogen and oxygen atoms in total. The number of carbonyl (C=O) groups is 1. The number of rotatable bonds is 2. The molecule has 0 saturated carbocycles. The van der Waals surface area contributed by atoms with Crippen LogP contribution in [0, 0.1) is 0 Å². The fourth-order valence-electron chi connectivity index (χ4n) is 4.61. The molecule has 0 fully saturated rings. The second-order valence-electron chi connectivity index (χ2n) is 7.63. The van der Waals surface area contributed by atoms with Crippen molar-refractivity contribution in [3.63, 3.8) is 0 Å². The zero-order chi connectivity index (χ0) is 19.5. The van der Waals surface area contributed by atoms with Crippen molar-refractivity contribution in [1.29, 1.82) is 0 Å². The van der Waals surface area contributed by atoms with Gasteiger partial charge in [0.2, 0.25) is 0 Å². The van der Waals surface area contributed by atoms with Crippen LogP contribution in [-0.2, 0) is 13.0 Å². The van der Waals surface area contributed by atoms with Gasteiger partial charge in [0.05, 0.1) is 12.2 Å². The third kappa shape index (κ3) is 2.21. The molecule has 2 aliphatic rings. The van der Waals surface area contributed by atoms with E-state index in [1.807, 2.05) is 35.4 Å². The Morgan fingerprint density at radius 3 is 2.28 bits per heavy atom. The first-order valence-electron chi connectivity index (χ1n) is 10.0. The number of hydrogen-bond donors (Lipinski definition) is 0. The number of nitrogens with zero attached hydrogens (tertiary/aromatic N) is 1. The summed E-state index contributed by atoms with van der Waals surface area (Å²) in [6.07, 6.45) is 1.01. The summed E-state index contributed by atoms with van der Waals surface area (Å²) in [4.78, 5) is 19.7. The van der Waals surface area contributed by atoms with Gasteiger partial charge in [-0.15, -0.1) is 0 Å². The van der Waals surface area contributed by atoms with Gasteiger partial charge >= 0.3 is 0 Å². The molecule has 0 N–H and O–H groups in total. The van der Waals surface area contributed by atoms with E-state index >= 15 is 0 Å². The van der Waals surface area contributed by atoms with Crippen molar-refractivity contribution in [1.82, 2.24) is 0 Å². The van der Waals surface area contributed by atoms with Crippen LogP contribution in [0.2, 0.25) is 0 Å². The lowest BCUT2D eigenvalue weighted by Crippen LogP contribution is -2.20. The van der Waals surface area contributed by atoms with Crippen molar-refractivity contribution in [2.24, 2.45) is 0 Å². The molecule has 1 aliphatic heterocycles. The van der Waals surface area contributed by atoms with E-state index in [1.165, 1.54) is 5.56 Å². The van der Waals surface area contributed by atoms with Gasteiger partial charge in [0.1, 0.15) is 0 Å². The highest BCUT2D eigenvalue weighted by atomic mass is 16.7. The highest BCUT2D eigenvalue weighted by molar-refractivity contribution is 6.27. The molecule has 0 aromatic heterocycles. The SMILES string of the molecule is CCc1ccc(N2Cc3c4c(c5ccccc5c3O2)-c2ccccc2C4=O)cc1. The molecule has 3 heteroatoms. The molecule has 0 radical (unpaired) electrons. The van der Waals surface area contributed by atoms with Gasteiger partial charge in [-0.2, -0.15) is 0 Å². The predicted octanol–water partition coefficient (Wildman–Crippen LogP) is 5.93. The lowest BCUT2D eigenvalue weighted by atomic mass is 9.93. The Hall–Kier alpha value is -3.59. The molecule has 1 heterocycles. The number of hydrogen-bond acceptors (Lipinski definition) is 3. The molecule has 1 aliphatic carbocycles. The molecule has 0 saturated heterocycles. The standard InChI is InChI=1S/C26H19NO2/c1-2-16-11-13-17(14-12-16)27-15-22-24-23(18-7-3-5-9-20(18)25(24)28)19-8-4-6-10-21(19)26(22)29-27/h3-14H,2,15H2,1H3. The first-order valence-corrected chi connectivity index (χ1v) is 10.0. The maximum absolute atomic E-state index is 13.3. The topological polar surface area (TPSA) is 29.5 Å². The number of benzene rings is 4. The lowest BCUT2D eigenvalue weighted by molar-refractivity contribution is 0.104. The highest BCUT2D eigenvalue weighted by Crippen LogP contribution is 2.50. The molecule has 29 heavy (non-hydrogen) atoms. The summed E-state index contributed by atoms with van der Waals surface area (Å²) in [5.74, 6) is 0.907. The molecule has 0 atom stereocenters. The molecule has 140 valence electrons.